The molecule has 5 heteroatoms. The first-order chi connectivity index (χ1) is 7.44. The summed E-state index contributed by atoms with van der Waals surface area (Å²) in [5.41, 5.74) is 0.267. The Morgan fingerprint density at radius 1 is 1.38 bits per heavy atom. The molecule has 0 radical (unpaired) electrons. The molecule has 0 unspecified atom stereocenters. The molecule has 1 N–H and O–H groups in total. The van der Waals surface area contributed by atoms with Crippen molar-refractivity contribution >= 4 is 17.6 Å². The zero-order valence-corrected chi connectivity index (χ0v) is 10.0. The molecule has 0 saturated heterocycles. The number of hydrogen-bond acceptors (Lipinski definition) is 4. The smallest absolute Gasteiger partial charge is 0.331 e. The lowest BCUT2D eigenvalue weighted by molar-refractivity contribution is -0.141. The predicted molar refractivity (Wildman–Crippen MR) is 59.9 cm³/mol. The van der Waals surface area contributed by atoms with E-state index < -0.39 is 11.5 Å². The molecule has 90 valence electrons. The fraction of sp³-hybridized carbons (Fsp3) is 0.727. The minimum atomic E-state index is -0.473. The van der Waals surface area contributed by atoms with Crippen LogP contribution in [0.4, 0.5) is 0 Å². The molecule has 1 fully saturated rings. The Bertz CT molecular complexity index is 325. The Kier molecular flexibility index (Phi) is 4.04. The van der Waals surface area contributed by atoms with Crippen molar-refractivity contribution in [1.29, 1.82) is 0 Å². The van der Waals surface area contributed by atoms with E-state index >= 15 is 0 Å². The Morgan fingerprint density at radius 3 is 2.62 bits per heavy atom. The van der Waals surface area contributed by atoms with Gasteiger partial charge in [-0.1, -0.05) is 11.6 Å². The maximum absolute atomic E-state index is 11.1. The van der Waals surface area contributed by atoms with Gasteiger partial charge in [-0.3, -0.25) is 4.79 Å². The van der Waals surface area contributed by atoms with Gasteiger partial charge >= 0.3 is 5.97 Å². The molecular formula is C11H18N2O3. The van der Waals surface area contributed by atoms with E-state index in [2.05, 4.69) is 15.3 Å². The van der Waals surface area contributed by atoms with Crippen molar-refractivity contribution in [1.82, 2.24) is 5.32 Å². The van der Waals surface area contributed by atoms with Crippen molar-refractivity contribution in [2.24, 2.45) is 5.16 Å². The number of rotatable bonds is 2. The fourth-order valence-electron chi connectivity index (χ4n) is 1.98. The molecule has 1 atom stereocenters. The molecule has 0 aromatic heterocycles. The van der Waals surface area contributed by atoms with Gasteiger partial charge in [-0.2, -0.15) is 0 Å². The maximum atomic E-state index is 11.1. The van der Waals surface area contributed by atoms with Gasteiger partial charge in [0.05, 0.1) is 11.3 Å². The highest BCUT2D eigenvalue weighted by Crippen LogP contribution is 2.25. The molecule has 0 bridgehead atoms. The van der Waals surface area contributed by atoms with E-state index in [1.165, 1.54) is 13.8 Å². The van der Waals surface area contributed by atoms with Gasteiger partial charge in [-0.05, 0) is 26.2 Å². The summed E-state index contributed by atoms with van der Waals surface area (Å²) in [6, 6.07) is 0. The lowest BCUT2D eigenvalue weighted by Gasteiger charge is -2.34. The minimum absolute atomic E-state index is 0.0973. The molecule has 0 spiro atoms. The first kappa shape index (κ1) is 12.7. The number of nitrogens with one attached hydrogen (secondary N) is 1. The van der Waals surface area contributed by atoms with E-state index in [9.17, 15) is 9.59 Å². The lowest BCUT2D eigenvalue weighted by atomic mass is 9.81. The molecular weight excluding hydrogens is 208 g/mol. The Morgan fingerprint density at radius 2 is 2.06 bits per heavy atom. The second-order valence-corrected chi connectivity index (χ2v) is 4.34. The molecule has 0 aliphatic heterocycles. The van der Waals surface area contributed by atoms with Crippen LogP contribution in [0.25, 0.3) is 0 Å². The molecule has 1 amide bonds. The Hall–Kier alpha value is -1.39. The van der Waals surface area contributed by atoms with Crippen LogP contribution in [-0.4, -0.2) is 23.1 Å². The standard InChI is InChI=1S/C11H18N2O3/c1-8(14)12-11(3)7-5-4-6-10(11)13-16-9(2)15/h4-7H2,1-3H3,(H,12,14)/b13-10-/t11-/m0/s1. The second kappa shape index (κ2) is 5.09. The zero-order chi connectivity index (χ0) is 12.2. The van der Waals surface area contributed by atoms with Crippen LogP contribution in [0.15, 0.2) is 5.16 Å². The van der Waals surface area contributed by atoms with E-state index in [1.54, 1.807) is 0 Å². The highest BCUT2D eigenvalue weighted by Gasteiger charge is 2.34. The molecule has 1 rings (SSSR count). The molecule has 16 heavy (non-hydrogen) atoms. The number of amides is 1. The topological polar surface area (TPSA) is 67.8 Å². The molecule has 0 aromatic carbocycles. The second-order valence-electron chi connectivity index (χ2n) is 4.34. The average Bonchev–Trinajstić information content (AvgIpc) is 2.14. The number of nitrogens with zero attached hydrogens (tertiary/aromatic N) is 1. The van der Waals surface area contributed by atoms with Crippen LogP contribution in [0.2, 0.25) is 0 Å². The quantitative estimate of drug-likeness (QED) is 0.571. The summed E-state index contributed by atoms with van der Waals surface area (Å²) in [5.74, 6) is -0.539. The number of hydrogen-bond donors (Lipinski definition) is 1. The van der Waals surface area contributed by atoms with Gasteiger partial charge in [0.2, 0.25) is 5.91 Å². The Balaban J connectivity index is 2.80. The Labute approximate surface area is 95.2 Å². The number of carbonyl (C=O) groups excluding carboxylic acids is 2. The first-order valence-electron chi connectivity index (χ1n) is 5.48. The van der Waals surface area contributed by atoms with Gasteiger partial charge in [0.15, 0.2) is 0 Å². The van der Waals surface area contributed by atoms with Crippen molar-refractivity contribution in [2.45, 2.75) is 52.0 Å². The zero-order valence-electron chi connectivity index (χ0n) is 10.0. The van der Waals surface area contributed by atoms with E-state index in [0.717, 1.165) is 31.4 Å². The summed E-state index contributed by atoms with van der Waals surface area (Å²) in [6.07, 6.45) is 3.63. The van der Waals surface area contributed by atoms with Crippen LogP contribution in [-0.2, 0) is 14.4 Å². The average molecular weight is 226 g/mol. The molecule has 5 nitrogen and oxygen atoms in total. The molecule has 0 heterocycles. The number of carbonyl (C=O) groups is 2. The summed E-state index contributed by atoms with van der Waals surface area (Å²) in [6.45, 7) is 4.70. The van der Waals surface area contributed by atoms with Gasteiger partial charge in [-0.15, -0.1) is 0 Å². The van der Waals surface area contributed by atoms with Crippen molar-refractivity contribution in [3.63, 3.8) is 0 Å². The third kappa shape index (κ3) is 3.32. The molecule has 1 saturated carbocycles. The minimum Gasteiger partial charge on any atom is -0.346 e. The summed E-state index contributed by atoms with van der Waals surface area (Å²) in [5, 5.41) is 6.71. The predicted octanol–water partition coefficient (Wildman–Crippen LogP) is 1.37. The summed E-state index contributed by atoms with van der Waals surface area (Å²) in [4.78, 5) is 26.5. The van der Waals surface area contributed by atoms with Gasteiger partial charge < -0.3 is 10.2 Å². The normalized spacial score (nSPS) is 27.6. The van der Waals surface area contributed by atoms with Crippen LogP contribution in [0.3, 0.4) is 0 Å². The van der Waals surface area contributed by atoms with E-state index in [4.69, 9.17) is 0 Å². The highest BCUT2D eigenvalue weighted by molar-refractivity contribution is 5.96. The largest absolute Gasteiger partial charge is 0.346 e. The third-order valence-electron chi connectivity index (χ3n) is 2.71. The van der Waals surface area contributed by atoms with Crippen molar-refractivity contribution in [3.8, 4) is 0 Å². The fourth-order valence-corrected chi connectivity index (χ4v) is 1.98. The van der Waals surface area contributed by atoms with Crippen LogP contribution in [0, 0.1) is 0 Å². The van der Waals surface area contributed by atoms with E-state index in [1.807, 2.05) is 6.92 Å². The van der Waals surface area contributed by atoms with Crippen molar-refractivity contribution < 1.29 is 14.4 Å². The van der Waals surface area contributed by atoms with E-state index in [0.29, 0.717) is 0 Å². The van der Waals surface area contributed by atoms with Crippen molar-refractivity contribution in [3.05, 3.63) is 0 Å². The summed E-state index contributed by atoms with van der Waals surface area (Å²) in [7, 11) is 0. The van der Waals surface area contributed by atoms with Crippen LogP contribution in [0.5, 0.6) is 0 Å². The van der Waals surface area contributed by atoms with Crippen LogP contribution < -0.4 is 5.32 Å². The van der Waals surface area contributed by atoms with Gasteiger partial charge in [0.1, 0.15) is 0 Å². The SMILES string of the molecule is CC(=O)N[C@@]1(C)CCCC/C1=N/OC(C)=O. The van der Waals surface area contributed by atoms with Crippen molar-refractivity contribution in [2.75, 3.05) is 0 Å². The van der Waals surface area contributed by atoms with Gasteiger partial charge in [-0.25, -0.2) is 4.79 Å². The summed E-state index contributed by atoms with van der Waals surface area (Å²) < 4.78 is 0. The highest BCUT2D eigenvalue weighted by atomic mass is 16.7. The number of oxime groups is 1. The van der Waals surface area contributed by atoms with Crippen LogP contribution >= 0.6 is 0 Å². The van der Waals surface area contributed by atoms with Crippen LogP contribution in [0.1, 0.15) is 46.5 Å². The van der Waals surface area contributed by atoms with Gasteiger partial charge in [0, 0.05) is 13.8 Å². The maximum Gasteiger partial charge on any atom is 0.331 e. The van der Waals surface area contributed by atoms with Gasteiger partial charge in [0.25, 0.3) is 0 Å². The molecule has 1 aliphatic rings. The monoisotopic (exact) mass is 226 g/mol. The molecule has 0 aromatic rings. The third-order valence-corrected chi connectivity index (χ3v) is 2.71. The summed E-state index contributed by atoms with van der Waals surface area (Å²) >= 11 is 0. The van der Waals surface area contributed by atoms with E-state index in [-0.39, 0.29) is 5.91 Å². The first-order valence-corrected chi connectivity index (χ1v) is 5.48. The lowest BCUT2D eigenvalue weighted by Crippen LogP contribution is -2.53. The molecule has 1 aliphatic carbocycles.